The maximum atomic E-state index is 5.81. The molecule has 1 aliphatic heterocycles. The first-order valence-electron chi connectivity index (χ1n) is 4.48. The van der Waals surface area contributed by atoms with E-state index in [1.54, 1.807) is 0 Å². The lowest BCUT2D eigenvalue weighted by molar-refractivity contribution is -0.0255. The Kier molecular flexibility index (Phi) is 4.00. The van der Waals surface area contributed by atoms with Crippen LogP contribution in [-0.4, -0.2) is 30.2 Å². The van der Waals surface area contributed by atoms with Crippen LogP contribution in [0.4, 0.5) is 0 Å². The molecule has 1 fully saturated rings. The summed E-state index contributed by atoms with van der Waals surface area (Å²) in [6.07, 6.45) is 0.555. The zero-order valence-corrected chi connectivity index (χ0v) is 9.50. The second kappa shape index (κ2) is 4.58. The fourth-order valence-electron chi connectivity index (χ4n) is 1.07. The van der Waals surface area contributed by atoms with Gasteiger partial charge >= 0.3 is 0 Å². The van der Waals surface area contributed by atoms with Crippen LogP contribution in [0, 0.1) is 5.92 Å². The quantitative estimate of drug-likeness (QED) is 0.700. The van der Waals surface area contributed by atoms with Crippen LogP contribution in [0.2, 0.25) is 0 Å². The number of halogens is 1. The predicted octanol–water partition coefficient (Wildman–Crippen LogP) is 2.21. The lowest BCUT2D eigenvalue weighted by atomic mass is 10.1. The van der Waals surface area contributed by atoms with E-state index >= 15 is 0 Å². The molecule has 0 bridgehead atoms. The molecule has 3 heteroatoms. The number of ether oxygens (including phenoxy) is 2. The summed E-state index contributed by atoms with van der Waals surface area (Å²) in [7, 11) is 0. The maximum Gasteiger partial charge on any atom is 0.0959 e. The van der Waals surface area contributed by atoms with E-state index in [1.807, 2.05) is 0 Å². The van der Waals surface area contributed by atoms with E-state index in [4.69, 9.17) is 9.47 Å². The van der Waals surface area contributed by atoms with Gasteiger partial charge in [-0.05, 0) is 12.8 Å². The first-order valence-corrected chi connectivity index (χ1v) is 5.40. The molecule has 0 aromatic heterocycles. The third-order valence-electron chi connectivity index (χ3n) is 2.29. The molecule has 0 aromatic rings. The van der Waals surface area contributed by atoms with Crippen LogP contribution in [0.15, 0.2) is 0 Å². The number of hydrogen-bond acceptors (Lipinski definition) is 2. The molecule has 72 valence electrons. The van der Waals surface area contributed by atoms with Crippen molar-refractivity contribution in [3.05, 3.63) is 0 Å². The Morgan fingerprint density at radius 2 is 2.00 bits per heavy atom. The highest BCUT2D eigenvalue weighted by Crippen LogP contribution is 2.20. The lowest BCUT2D eigenvalue weighted by Crippen LogP contribution is -2.29. The van der Waals surface area contributed by atoms with Gasteiger partial charge in [-0.15, -0.1) is 0 Å². The van der Waals surface area contributed by atoms with Crippen molar-refractivity contribution in [1.82, 2.24) is 0 Å². The van der Waals surface area contributed by atoms with Gasteiger partial charge in [-0.2, -0.15) is 0 Å². The first-order chi connectivity index (χ1) is 5.61. The van der Waals surface area contributed by atoms with Gasteiger partial charge in [0.1, 0.15) is 0 Å². The molecule has 0 radical (unpaired) electrons. The van der Waals surface area contributed by atoms with Gasteiger partial charge < -0.3 is 9.47 Å². The Labute approximate surface area is 82.7 Å². The van der Waals surface area contributed by atoms with Crippen molar-refractivity contribution >= 4 is 15.9 Å². The van der Waals surface area contributed by atoms with E-state index in [9.17, 15) is 0 Å². The molecule has 12 heavy (non-hydrogen) atoms. The molecule has 1 rings (SSSR count). The fraction of sp³-hybridized carbons (Fsp3) is 1.00. The van der Waals surface area contributed by atoms with Crippen LogP contribution in [0.1, 0.15) is 20.8 Å². The van der Waals surface area contributed by atoms with Gasteiger partial charge in [0.25, 0.3) is 0 Å². The molecule has 0 spiro atoms. The van der Waals surface area contributed by atoms with Crippen molar-refractivity contribution in [1.29, 1.82) is 0 Å². The average molecular weight is 237 g/mol. The summed E-state index contributed by atoms with van der Waals surface area (Å²) >= 11 is 3.53. The van der Waals surface area contributed by atoms with E-state index in [2.05, 4.69) is 36.7 Å². The van der Waals surface area contributed by atoms with Crippen LogP contribution in [0.3, 0.4) is 0 Å². The molecule has 3 unspecified atom stereocenters. The van der Waals surface area contributed by atoms with Crippen LogP contribution < -0.4 is 0 Å². The van der Waals surface area contributed by atoms with Crippen LogP contribution in [-0.2, 0) is 9.47 Å². The minimum absolute atomic E-state index is 0.238. The third-order valence-corrected chi connectivity index (χ3v) is 3.14. The van der Waals surface area contributed by atoms with Crippen molar-refractivity contribution in [2.75, 3.05) is 13.2 Å². The van der Waals surface area contributed by atoms with Crippen molar-refractivity contribution in [3.63, 3.8) is 0 Å². The molecular formula is C9H17BrO2. The van der Waals surface area contributed by atoms with Crippen molar-refractivity contribution in [2.24, 2.45) is 5.92 Å². The number of hydrogen-bond donors (Lipinski definition) is 0. The number of alkyl halides is 1. The Balaban J connectivity index is 2.30. The number of rotatable bonds is 3. The maximum absolute atomic E-state index is 5.81. The smallest absolute Gasteiger partial charge is 0.0959 e. The molecule has 1 saturated heterocycles. The summed E-state index contributed by atoms with van der Waals surface area (Å²) in [4.78, 5) is 0.374. The molecule has 2 nitrogen and oxygen atoms in total. The van der Waals surface area contributed by atoms with Crippen LogP contribution >= 0.6 is 15.9 Å². The highest BCUT2D eigenvalue weighted by atomic mass is 79.9. The van der Waals surface area contributed by atoms with Crippen molar-refractivity contribution in [2.45, 2.75) is 37.8 Å². The minimum atomic E-state index is 0.238. The second-order valence-electron chi connectivity index (χ2n) is 3.68. The molecule has 0 aliphatic carbocycles. The van der Waals surface area contributed by atoms with E-state index in [1.165, 1.54) is 0 Å². The van der Waals surface area contributed by atoms with Crippen molar-refractivity contribution < 1.29 is 9.47 Å². The van der Waals surface area contributed by atoms with Gasteiger partial charge in [0.2, 0.25) is 0 Å². The summed E-state index contributed by atoms with van der Waals surface area (Å²) < 4.78 is 11.1. The Morgan fingerprint density at radius 3 is 2.42 bits per heavy atom. The minimum Gasteiger partial charge on any atom is -0.377 e. The normalized spacial score (nSPS) is 32.8. The molecule has 1 aliphatic rings. The predicted molar refractivity (Wildman–Crippen MR) is 52.7 cm³/mol. The van der Waals surface area contributed by atoms with E-state index in [0.717, 1.165) is 13.2 Å². The van der Waals surface area contributed by atoms with E-state index in [0.29, 0.717) is 16.8 Å². The highest BCUT2D eigenvalue weighted by molar-refractivity contribution is 9.09. The SMILES string of the molecule is CC(C)C(C)OC1COCC1Br. The molecule has 0 saturated carbocycles. The Bertz CT molecular complexity index is 138. The fourth-order valence-corrected chi connectivity index (χ4v) is 1.53. The van der Waals surface area contributed by atoms with Gasteiger partial charge in [0, 0.05) is 0 Å². The second-order valence-corrected chi connectivity index (χ2v) is 4.85. The van der Waals surface area contributed by atoms with Gasteiger partial charge in [0.05, 0.1) is 30.2 Å². The van der Waals surface area contributed by atoms with Crippen LogP contribution in [0.5, 0.6) is 0 Å². The Morgan fingerprint density at radius 1 is 1.33 bits per heavy atom. The standard InChI is InChI=1S/C9H17BrO2/c1-6(2)7(3)12-9-5-11-4-8(9)10/h6-9H,4-5H2,1-3H3. The summed E-state index contributed by atoms with van der Waals surface area (Å²) in [5.74, 6) is 0.574. The van der Waals surface area contributed by atoms with Crippen molar-refractivity contribution in [3.8, 4) is 0 Å². The molecule has 0 aromatic carbocycles. The molecule has 0 N–H and O–H groups in total. The lowest BCUT2D eigenvalue weighted by Gasteiger charge is -2.22. The van der Waals surface area contributed by atoms with Gasteiger partial charge in [-0.1, -0.05) is 29.8 Å². The summed E-state index contributed by atoms with van der Waals surface area (Å²) in [6.45, 7) is 7.96. The summed E-state index contributed by atoms with van der Waals surface area (Å²) in [5, 5.41) is 0. The molecule has 1 heterocycles. The summed E-state index contributed by atoms with van der Waals surface area (Å²) in [5.41, 5.74) is 0. The van der Waals surface area contributed by atoms with E-state index in [-0.39, 0.29) is 6.10 Å². The average Bonchev–Trinajstić information content (AvgIpc) is 2.36. The molecule has 3 atom stereocenters. The zero-order chi connectivity index (χ0) is 9.14. The largest absolute Gasteiger partial charge is 0.377 e. The zero-order valence-electron chi connectivity index (χ0n) is 7.92. The van der Waals surface area contributed by atoms with Crippen LogP contribution in [0.25, 0.3) is 0 Å². The van der Waals surface area contributed by atoms with Gasteiger partial charge in [0.15, 0.2) is 0 Å². The first kappa shape index (κ1) is 10.5. The van der Waals surface area contributed by atoms with Gasteiger partial charge in [-0.3, -0.25) is 0 Å². The summed E-state index contributed by atoms with van der Waals surface area (Å²) in [6, 6.07) is 0. The van der Waals surface area contributed by atoms with Gasteiger partial charge in [-0.25, -0.2) is 0 Å². The van der Waals surface area contributed by atoms with E-state index < -0.39 is 0 Å². The highest BCUT2D eigenvalue weighted by Gasteiger charge is 2.28. The molecular weight excluding hydrogens is 220 g/mol. The Hall–Kier alpha value is 0.400. The third kappa shape index (κ3) is 2.71. The molecule has 0 amide bonds. The topological polar surface area (TPSA) is 18.5 Å². The monoisotopic (exact) mass is 236 g/mol.